The number of benzene rings is 2. The first-order valence-corrected chi connectivity index (χ1v) is 6.74. The summed E-state index contributed by atoms with van der Waals surface area (Å²) in [6.07, 6.45) is 0. The first kappa shape index (κ1) is 13.8. The summed E-state index contributed by atoms with van der Waals surface area (Å²) in [5, 5.41) is 3.85. The minimum Gasteiger partial charge on any atom is -0.313 e. The Kier molecular flexibility index (Phi) is 3.82. The van der Waals surface area contributed by atoms with Gasteiger partial charge in [-0.3, -0.25) is 10.2 Å². The molecule has 2 N–H and O–H groups in total. The second-order valence-corrected chi connectivity index (χ2v) is 4.73. The van der Waals surface area contributed by atoms with Gasteiger partial charge in [0.2, 0.25) is 5.82 Å². The lowest BCUT2D eigenvalue weighted by molar-refractivity contribution is 0.0961. The van der Waals surface area contributed by atoms with Crippen LogP contribution >= 0.6 is 0 Å². The van der Waals surface area contributed by atoms with Gasteiger partial charge < -0.3 is 4.52 Å². The Morgan fingerprint density at radius 3 is 2.50 bits per heavy atom. The van der Waals surface area contributed by atoms with E-state index in [1.54, 1.807) is 12.1 Å². The number of hydrazine groups is 1. The van der Waals surface area contributed by atoms with Gasteiger partial charge in [0.25, 0.3) is 5.91 Å². The number of rotatable bonds is 4. The highest BCUT2D eigenvalue weighted by molar-refractivity contribution is 5.94. The minimum atomic E-state index is -0.278. The summed E-state index contributed by atoms with van der Waals surface area (Å²) in [5.74, 6) is 0.173. The summed E-state index contributed by atoms with van der Waals surface area (Å²) in [7, 11) is 0. The van der Waals surface area contributed by atoms with Crippen LogP contribution in [0, 0.1) is 6.92 Å². The van der Waals surface area contributed by atoms with E-state index in [-0.39, 0.29) is 11.9 Å². The third kappa shape index (κ3) is 3.12. The number of nitrogens with zero attached hydrogens (tertiary/aromatic N) is 2. The van der Waals surface area contributed by atoms with Gasteiger partial charge in [-0.05, 0) is 19.1 Å². The van der Waals surface area contributed by atoms with Crippen molar-refractivity contribution in [2.24, 2.45) is 0 Å². The smallest absolute Gasteiger partial charge is 0.313 e. The Morgan fingerprint density at radius 2 is 1.77 bits per heavy atom. The zero-order valence-electron chi connectivity index (χ0n) is 11.9. The summed E-state index contributed by atoms with van der Waals surface area (Å²) in [5.41, 5.74) is 7.59. The van der Waals surface area contributed by atoms with E-state index < -0.39 is 0 Å². The average molecular weight is 294 g/mol. The van der Waals surface area contributed by atoms with Crippen LogP contribution in [-0.2, 0) is 0 Å². The number of aromatic nitrogens is 2. The van der Waals surface area contributed by atoms with Crippen LogP contribution in [0.5, 0.6) is 0 Å². The Morgan fingerprint density at radius 1 is 1.05 bits per heavy atom. The molecular formula is C16H14N4O2. The van der Waals surface area contributed by atoms with E-state index in [4.69, 9.17) is 4.52 Å². The van der Waals surface area contributed by atoms with Crippen molar-refractivity contribution in [1.29, 1.82) is 0 Å². The number of hydrogen-bond donors (Lipinski definition) is 2. The minimum absolute atomic E-state index is 0.124. The van der Waals surface area contributed by atoms with Gasteiger partial charge in [0, 0.05) is 11.1 Å². The van der Waals surface area contributed by atoms with Crippen LogP contribution in [0.25, 0.3) is 11.4 Å². The van der Waals surface area contributed by atoms with Gasteiger partial charge in [-0.15, -0.1) is 0 Å². The van der Waals surface area contributed by atoms with Gasteiger partial charge in [-0.25, -0.2) is 5.43 Å². The molecule has 0 saturated carbocycles. The average Bonchev–Trinajstić information content (AvgIpc) is 3.03. The number of carbonyl (C=O) groups is 1. The van der Waals surface area contributed by atoms with Crippen LogP contribution < -0.4 is 10.9 Å². The SMILES string of the molecule is Cc1ccc(C(=O)NNc2nc(-c3ccccc3)no2)cc1. The maximum absolute atomic E-state index is 11.9. The first-order chi connectivity index (χ1) is 10.7. The highest BCUT2D eigenvalue weighted by Gasteiger charge is 2.09. The van der Waals surface area contributed by atoms with Crippen molar-refractivity contribution in [3.63, 3.8) is 0 Å². The summed E-state index contributed by atoms with van der Waals surface area (Å²) in [4.78, 5) is 16.1. The van der Waals surface area contributed by atoms with Crippen LogP contribution in [0.4, 0.5) is 6.01 Å². The molecule has 0 radical (unpaired) electrons. The number of aryl methyl sites for hydroxylation is 1. The van der Waals surface area contributed by atoms with E-state index in [1.165, 1.54) is 0 Å². The van der Waals surface area contributed by atoms with Crippen molar-refractivity contribution in [3.8, 4) is 11.4 Å². The molecule has 3 rings (SSSR count). The monoisotopic (exact) mass is 294 g/mol. The van der Waals surface area contributed by atoms with Crippen LogP contribution in [-0.4, -0.2) is 16.0 Å². The van der Waals surface area contributed by atoms with Crippen molar-refractivity contribution in [3.05, 3.63) is 65.7 Å². The van der Waals surface area contributed by atoms with Crippen LogP contribution in [0.15, 0.2) is 59.1 Å². The van der Waals surface area contributed by atoms with Crippen LogP contribution in [0.3, 0.4) is 0 Å². The predicted molar refractivity (Wildman–Crippen MR) is 82.0 cm³/mol. The van der Waals surface area contributed by atoms with E-state index >= 15 is 0 Å². The standard InChI is InChI=1S/C16H14N4O2/c1-11-7-9-13(10-8-11)15(21)18-19-16-17-14(20-22-16)12-5-3-2-4-6-12/h2-10H,1H3,(H,18,21)(H,17,19,20). The lowest BCUT2D eigenvalue weighted by atomic mass is 10.1. The molecule has 0 aliphatic heterocycles. The van der Waals surface area contributed by atoms with Crippen LogP contribution in [0.1, 0.15) is 15.9 Å². The Labute approximate surface area is 127 Å². The molecule has 0 unspecified atom stereocenters. The third-order valence-corrected chi connectivity index (χ3v) is 3.05. The molecule has 0 fully saturated rings. The highest BCUT2D eigenvalue weighted by atomic mass is 16.5. The van der Waals surface area contributed by atoms with Crippen molar-refractivity contribution < 1.29 is 9.32 Å². The molecule has 0 bridgehead atoms. The fraction of sp³-hybridized carbons (Fsp3) is 0.0625. The second kappa shape index (κ2) is 6.09. The third-order valence-electron chi connectivity index (χ3n) is 3.05. The van der Waals surface area contributed by atoms with Gasteiger partial charge in [-0.2, -0.15) is 4.98 Å². The van der Waals surface area contributed by atoms with E-state index in [1.807, 2.05) is 49.4 Å². The Hall–Kier alpha value is -3.15. The van der Waals surface area contributed by atoms with Crippen LogP contribution in [0.2, 0.25) is 0 Å². The van der Waals surface area contributed by atoms with Gasteiger partial charge >= 0.3 is 6.01 Å². The predicted octanol–water partition coefficient (Wildman–Crippen LogP) is 2.80. The zero-order valence-corrected chi connectivity index (χ0v) is 11.9. The highest BCUT2D eigenvalue weighted by Crippen LogP contribution is 2.16. The zero-order chi connectivity index (χ0) is 15.4. The molecule has 22 heavy (non-hydrogen) atoms. The van der Waals surface area contributed by atoms with E-state index in [9.17, 15) is 4.79 Å². The molecule has 0 aliphatic rings. The lowest BCUT2D eigenvalue weighted by Gasteiger charge is -2.04. The number of hydrogen-bond acceptors (Lipinski definition) is 5. The summed E-state index contributed by atoms with van der Waals surface area (Å²) >= 11 is 0. The molecule has 0 spiro atoms. The molecule has 2 aromatic carbocycles. The summed E-state index contributed by atoms with van der Waals surface area (Å²) in [6.45, 7) is 1.96. The Balaban J connectivity index is 1.64. The topological polar surface area (TPSA) is 80.0 Å². The van der Waals surface area contributed by atoms with Crippen molar-refractivity contribution in [1.82, 2.24) is 15.6 Å². The van der Waals surface area contributed by atoms with E-state index in [2.05, 4.69) is 21.0 Å². The quantitative estimate of drug-likeness (QED) is 0.723. The second-order valence-electron chi connectivity index (χ2n) is 4.73. The molecule has 1 amide bonds. The molecular weight excluding hydrogens is 280 g/mol. The van der Waals surface area contributed by atoms with Crippen molar-refractivity contribution in [2.45, 2.75) is 6.92 Å². The van der Waals surface area contributed by atoms with Crippen molar-refractivity contribution in [2.75, 3.05) is 5.43 Å². The summed E-state index contributed by atoms with van der Waals surface area (Å²) < 4.78 is 5.04. The normalized spacial score (nSPS) is 10.2. The van der Waals surface area contributed by atoms with Crippen molar-refractivity contribution >= 4 is 11.9 Å². The van der Waals surface area contributed by atoms with Gasteiger partial charge in [0.15, 0.2) is 0 Å². The van der Waals surface area contributed by atoms with E-state index in [0.717, 1.165) is 11.1 Å². The molecule has 1 heterocycles. The molecule has 6 nitrogen and oxygen atoms in total. The molecule has 3 aromatic rings. The molecule has 0 aliphatic carbocycles. The molecule has 0 saturated heterocycles. The molecule has 1 aromatic heterocycles. The first-order valence-electron chi connectivity index (χ1n) is 6.74. The number of nitrogens with one attached hydrogen (secondary N) is 2. The summed E-state index contributed by atoms with van der Waals surface area (Å²) in [6, 6.07) is 16.8. The number of carbonyl (C=O) groups excluding carboxylic acids is 1. The van der Waals surface area contributed by atoms with Gasteiger partial charge in [-0.1, -0.05) is 53.2 Å². The fourth-order valence-electron chi connectivity index (χ4n) is 1.87. The van der Waals surface area contributed by atoms with E-state index in [0.29, 0.717) is 11.4 Å². The molecule has 110 valence electrons. The maximum Gasteiger partial charge on any atom is 0.340 e. The number of amides is 1. The van der Waals surface area contributed by atoms with Gasteiger partial charge in [0.1, 0.15) is 0 Å². The maximum atomic E-state index is 11.9. The Bertz CT molecular complexity index is 766. The largest absolute Gasteiger partial charge is 0.340 e. The lowest BCUT2D eigenvalue weighted by Crippen LogP contribution is -2.29. The molecule has 6 heteroatoms. The fourth-order valence-corrected chi connectivity index (χ4v) is 1.87. The molecule has 0 atom stereocenters. The van der Waals surface area contributed by atoms with Gasteiger partial charge in [0.05, 0.1) is 0 Å². The number of anilines is 1.